The largest absolute Gasteiger partial charge is 0.357 e. The molecule has 19 heavy (non-hydrogen) atoms. The standard InChI is InChI=1S/C14H20N4.HI/c1-2-15-14(18-12-7-3-4-8-12)17-11-13-9-5-6-10-16-13;/h3-6,9-10,12H,2,7-8,11H2,1H3,(H2,15,17,18);1H. The van der Waals surface area contributed by atoms with Crippen LogP contribution in [0.1, 0.15) is 25.5 Å². The molecule has 0 saturated carbocycles. The van der Waals surface area contributed by atoms with Crippen molar-refractivity contribution in [2.45, 2.75) is 32.4 Å². The molecule has 0 unspecified atom stereocenters. The van der Waals surface area contributed by atoms with Crippen LogP contribution in [0.15, 0.2) is 41.5 Å². The Balaban J connectivity index is 0.00000180. The third-order valence-electron chi connectivity index (χ3n) is 2.82. The predicted molar refractivity (Wildman–Crippen MR) is 89.8 cm³/mol. The van der Waals surface area contributed by atoms with Gasteiger partial charge < -0.3 is 10.6 Å². The molecule has 0 spiro atoms. The minimum Gasteiger partial charge on any atom is -0.357 e. The van der Waals surface area contributed by atoms with Crippen molar-refractivity contribution in [2.75, 3.05) is 6.54 Å². The smallest absolute Gasteiger partial charge is 0.191 e. The van der Waals surface area contributed by atoms with Crippen LogP contribution >= 0.6 is 24.0 Å². The first-order valence-electron chi connectivity index (χ1n) is 6.48. The number of hydrogen-bond acceptors (Lipinski definition) is 2. The van der Waals surface area contributed by atoms with Gasteiger partial charge in [-0.25, -0.2) is 4.99 Å². The third-order valence-corrected chi connectivity index (χ3v) is 2.82. The molecular formula is C14H21IN4. The van der Waals surface area contributed by atoms with Crippen LogP contribution in [0.2, 0.25) is 0 Å². The van der Waals surface area contributed by atoms with E-state index in [1.54, 1.807) is 6.20 Å². The molecular weight excluding hydrogens is 351 g/mol. The van der Waals surface area contributed by atoms with Crippen LogP contribution in [0.3, 0.4) is 0 Å². The van der Waals surface area contributed by atoms with Gasteiger partial charge >= 0.3 is 0 Å². The van der Waals surface area contributed by atoms with Crippen molar-refractivity contribution in [3.8, 4) is 0 Å². The van der Waals surface area contributed by atoms with Gasteiger partial charge in [0.05, 0.1) is 12.2 Å². The lowest BCUT2D eigenvalue weighted by Gasteiger charge is -2.16. The minimum absolute atomic E-state index is 0. The number of aliphatic imine (C=N–C) groups is 1. The quantitative estimate of drug-likeness (QED) is 0.370. The zero-order valence-corrected chi connectivity index (χ0v) is 13.5. The van der Waals surface area contributed by atoms with Crippen molar-refractivity contribution in [3.63, 3.8) is 0 Å². The summed E-state index contributed by atoms with van der Waals surface area (Å²) in [5.74, 6) is 0.872. The number of nitrogens with zero attached hydrogens (tertiary/aromatic N) is 2. The van der Waals surface area contributed by atoms with Gasteiger partial charge in [0.25, 0.3) is 0 Å². The van der Waals surface area contributed by atoms with Crippen LogP contribution in [0.4, 0.5) is 0 Å². The maximum absolute atomic E-state index is 4.55. The fourth-order valence-electron chi connectivity index (χ4n) is 1.90. The lowest BCUT2D eigenvalue weighted by molar-refractivity contribution is 0.633. The van der Waals surface area contributed by atoms with Crippen LogP contribution in [0.25, 0.3) is 0 Å². The molecule has 0 saturated heterocycles. The summed E-state index contributed by atoms with van der Waals surface area (Å²) in [5.41, 5.74) is 0.985. The molecule has 0 bridgehead atoms. The van der Waals surface area contributed by atoms with Crippen molar-refractivity contribution in [1.29, 1.82) is 0 Å². The Morgan fingerprint density at radius 3 is 2.79 bits per heavy atom. The topological polar surface area (TPSA) is 49.3 Å². The van der Waals surface area contributed by atoms with Gasteiger partial charge in [-0.05, 0) is 31.9 Å². The molecule has 1 aromatic heterocycles. The van der Waals surface area contributed by atoms with E-state index < -0.39 is 0 Å². The van der Waals surface area contributed by atoms with Gasteiger partial charge in [-0.1, -0.05) is 18.2 Å². The second kappa shape index (κ2) is 8.90. The SMILES string of the molecule is CCNC(=NCc1ccccn1)NC1CC=CC1.I. The molecule has 0 fully saturated rings. The lowest BCUT2D eigenvalue weighted by Crippen LogP contribution is -2.42. The van der Waals surface area contributed by atoms with Crippen molar-refractivity contribution >= 4 is 29.9 Å². The van der Waals surface area contributed by atoms with Crippen molar-refractivity contribution in [2.24, 2.45) is 4.99 Å². The lowest BCUT2D eigenvalue weighted by atomic mass is 10.2. The van der Waals surface area contributed by atoms with Crippen molar-refractivity contribution < 1.29 is 0 Å². The molecule has 0 atom stereocenters. The second-order valence-electron chi connectivity index (χ2n) is 4.30. The summed E-state index contributed by atoms with van der Waals surface area (Å²) < 4.78 is 0. The average molecular weight is 372 g/mol. The van der Waals surface area contributed by atoms with Gasteiger partial charge in [-0.15, -0.1) is 24.0 Å². The highest BCUT2D eigenvalue weighted by Crippen LogP contribution is 2.08. The Labute approximate surface area is 131 Å². The van der Waals surface area contributed by atoms with E-state index in [-0.39, 0.29) is 24.0 Å². The summed E-state index contributed by atoms with van der Waals surface area (Å²) in [6, 6.07) is 6.37. The monoisotopic (exact) mass is 372 g/mol. The molecule has 5 heteroatoms. The summed E-state index contributed by atoms with van der Waals surface area (Å²) in [7, 11) is 0. The number of rotatable bonds is 4. The highest BCUT2D eigenvalue weighted by Gasteiger charge is 2.11. The molecule has 2 rings (SSSR count). The summed E-state index contributed by atoms with van der Waals surface area (Å²) in [6.07, 6.45) is 8.37. The molecule has 104 valence electrons. The summed E-state index contributed by atoms with van der Waals surface area (Å²) in [6.45, 7) is 3.55. The molecule has 4 nitrogen and oxygen atoms in total. The highest BCUT2D eigenvalue weighted by atomic mass is 127. The van der Waals surface area contributed by atoms with Gasteiger partial charge in [-0.3, -0.25) is 4.98 Å². The molecule has 1 aliphatic carbocycles. The van der Waals surface area contributed by atoms with Gasteiger partial charge in [0.1, 0.15) is 0 Å². The Morgan fingerprint density at radius 2 is 2.16 bits per heavy atom. The first-order chi connectivity index (χ1) is 8.88. The Bertz CT molecular complexity index is 409. The van der Waals surface area contributed by atoms with E-state index in [4.69, 9.17) is 0 Å². The minimum atomic E-state index is 0. The van der Waals surface area contributed by atoms with Gasteiger partial charge in [0, 0.05) is 18.8 Å². The van der Waals surface area contributed by atoms with Crippen molar-refractivity contribution in [3.05, 3.63) is 42.2 Å². The maximum Gasteiger partial charge on any atom is 0.191 e. The second-order valence-corrected chi connectivity index (χ2v) is 4.30. The Kier molecular flexibility index (Phi) is 7.47. The molecule has 1 aliphatic rings. The first kappa shape index (κ1) is 15.9. The molecule has 2 N–H and O–H groups in total. The average Bonchev–Trinajstić information content (AvgIpc) is 2.90. The van der Waals surface area contributed by atoms with Crippen LogP contribution in [-0.4, -0.2) is 23.5 Å². The highest BCUT2D eigenvalue weighted by molar-refractivity contribution is 14.0. The zero-order valence-electron chi connectivity index (χ0n) is 11.2. The molecule has 0 aliphatic heterocycles. The van der Waals surface area contributed by atoms with E-state index in [9.17, 15) is 0 Å². The number of halogens is 1. The van der Waals surface area contributed by atoms with Crippen molar-refractivity contribution in [1.82, 2.24) is 15.6 Å². The van der Waals surface area contributed by atoms with Gasteiger partial charge in [0.2, 0.25) is 0 Å². The van der Waals surface area contributed by atoms with E-state index in [1.807, 2.05) is 18.2 Å². The van der Waals surface area contributed by atoms with E-state index in [0.717, 1.165) is 31.0 Å². The normalized spacial score (nSPS) is 15.1. The first-order valence-corrected chi connectivity index (χ1v) is 6.48. The summed E-state index contributed by atoms with van der Waals surface area (Å²) >= 11 is 0. The number of guanidine groups is 1. The molecule has 0 aromatic carbocycles. The molecule has 1 heterocycles. The molecule has 0 amide bonds. The number of hydrogen-bond donors (Lipinski definition) is 2. The molecule has 1 aromatic rings. The van der Waals surface area contributed by atoms with E-state index >= 15 is 0 Å². The van der Waals surface area contributed by atoms with Crippen LogP contribution in [0.5, 0.6) is 0 Å². The van der Waals surface area contributed by atoms with Gasteiger partial charge in [0.15, 0.2) is 5.96 Å². The number of nitrogens with one attached hydrogen (secondary N) is 2. The fraction of sp³-hybridized carbons (Fsp3) is 0.429. The third kappa shape index (κ3) is 5.59. The zero-order chi connectivity index (χ0) is 12.6. The van der Waals surface area contributed by atoms with Crippen LogP contribution < -0.4 is 10.6 Å². The van der Waals surface area contributed by atoms with E-state index in [2.05, 4.69) is 39.7 Å². The van der Waals surface area contributed by atoms with E-state index in [0.29, 0.717) is 12.6 Å². The van der Waals surface area contributed by atoms with Crippen LogP contribution in [-0.2, 0) is 6.54 Å². The predicted octanol–water partition coefficient (Wildman–Crippen LogP) is 2.47. The summed E-state index contributed by atoms with van der Waals surface area (Å²) in [4.78, 5) is 8.82. The summed E-state index contributed by atoms with van der Waals surface area (Å²) in [5, 5.41) is 6.70. The fourth-order valence-corrected chi connectivity index (χ4v) is 1.90. The number of pyridine rings is 1. The van der Waals surface area contributed by atoms with Crippen LogP contribution in [0, 0.1) is 0 Å². The number of aromatic nitrogens is 1. The van der Waals surface area contributed by atoms with Gasteiger partial charge in [-0.2, -0.15) is 0 Å². The van der Waals surface area contributed by atoms with E-state index in [1.165, 1.54) is 0 Å². The maximum atomic E-state index is 4.55. The molecule has 0 radical (unpaired) electrons. The Hall–Kier alpha value is -1.11. The Morgan fingerprint density at radius 1 is 1.37 bits per heavy atom.